The summed E-state index contributed by atoms with van der Waals surface area (Å²) in [6.07, 6.45) is 3.14. The van der Waals surface area contributed by atoms with E-state index in [1.807, 2.05) is 44.4 Å². The van der Waals surface area contributed by atoms with E-state index < -0.39 is 16.8 Å². The maximum absolute atomic E-state index is 13.5. The number of benzene rings is 4. The molecule has 4 heterocycles. The molecule has 11 heteroatoms. The van der Waals surface area contributed by atoms with Crippen LogP contribution in [0.1, 0.15) is 89.7 Å². The summed E-state index contributed by atoms with van der Waals surface area (Å²) in [6.45, 7) is 13.7. The monoisotopic (exact) mass is 798 g/mol. The molecule has 0 saturated heterocycles. The molecule has 6 aromatic rings. The number of carbonyl (C=O) groups excluding carboxylic acids is 1. The van der Waals surface area contributed by atoms with Crippen molar-refractivity contribution in [2.75, 3.05) is 37.9 Å². The number of aromatic nitrogens is 2. The number of H-pyrrole nitrogens is 2. The molecule has 2 aromatic heterocycles. The van der Waals surface area contributed by atoms with Crippen LogP contribution in [-0.2, 0) is 31.2 Å². The van der Waals surface area contributed by atoms with E-state index in [0.717, 1.165) is 57.7 Å². The van der Waals surface area contributed by atoms with E-state index in [9.17, 15) is 9.59 Å². The van der Waals surface area contributed by atoms with Gasteiger partial charge < -0.3 is 44.2 Å². The Bertz CT molecular complexity index is 2560. The van der Waals surface area contributed by atoms with Crippen molar-refractivity contribution in [1.29, 1.82) is 0 Å². The van der Waals surface area contributed by atoms with Gasteiger partial charge in [-0.2, -0.15) is 0 Å². The molecule has 2 saturated carbocycles. The number of amides is 1. The van der Waals surface area contributed by atoms with Gasteiger partial charge in [0.1, 0.15) is 0 Å². The van der Waals surface area contributed by atoms with Gasteiger partial charge >= 0.3 is 5.97 Å². The van der Waals surface area contributed by atoms with Gasteiger partial charge in [-0.25, -0.2) is 0 Å². The van der Waals surface area contributed by atoms with Crippen molar-refractivity contribution in [3.05, 3.63) is 107 Å². The van der Waals surface area contributed by atoms with E-state index in [2.05, 4.69) is 99.3 Å². The lowest BCUT2D eigenvalue weighted by Crippen LogP contribution is -2.36. The van der Waals surface area contributed by atoms with Crippen molar-refractivity contribution < 1.29 is 33.6 Å². The molecule has 4 aromatic carbocycles. The Labute approximate surface area is 345 Å². The first kappa shape index (κ1) is 39.7. The van der Waals surface area contributed by atoms with Gasteiger partial charge in [-0.1, -0.05) is 53.7 Å². The Morgan fingerprint density at radius 2 is 1.10 bits per heavy atom. The topological polar surface area (TPSA) is 138 Å². The summed E-state index contributed by atoms with van der Waals surface area (Å²) in [7, 11) is 3.81. The van der Waals surface area contributed by atoms with Crippen LogP contribution in [0.3, 0.4) is 0 Å². The van der Waals surface area contributed by atoms with Crippen LogP contribution in [0.5, 0.6) is 23.0 Å². The minimum Gasteiger partial charge on any atom is -0.481 e. The minimum atomic E-state index is -0.749. The second-order valence-corrected chi connectivity index (χ2v) is 18.2. The fraction of sp³-hybridized carbons (Fsp3) is 0.375. The second kappa shape index (κ2) is 14.6. The van der Waals surface area contributed by atoms with E-state index in [4.69, 9.17) is 24.1 Å². The average Bonchev–Trinajstić information content (AvgIpc) is 3.89. The number of carbonyl (C=O) groups is 2. The number of nitrogens with zero attached hydrogens (tertiary/aromatic N) is 1. The van der Waals surface area contributed by atoms with Gasteiger partial charge in [-0.05, 0) is 110 Å². The molecule has 0 bridgehead atoms. The fourth-order valence-corrected chi connectivity index (χ4v) is 7.75. The molecule has 4 N–H and O–H groups in total. The van der Waals surface area contributed by atoms with Gasteiger partial charge in [0, 0.05) is 69.5 Å². The first-order chi connectivity index (χ1) is 28.0. The van der Waals surface area contributed by atoms with Crippen LogP contribution < -0.4 is 29.2 Å². The van der Waals surface area contributed by atoms with Gasteiger partial charge in [0.25, 0.3) is 0 Å². The number of anilines is 2. The lowest BCUT2D eigenvalue weighted by Gasteiger charge is -2.24. The smallest absolute Gasteiger partial charge is 0.314 e. The third-order valence-corrected chi connectivity index (χ3v) is 12.0. The molecular weight excluding hydrogens is 745 g/mol. The fourth-order valence-electron chi connectivity index (χ4n) is 7.75. The molecule has 308 valence electrons. The first-order valence-corrected chi connectivity index (χ1v) is 20.3. The number of carboxylic acid groups (broad SMARTS) is 1. The second-order valence-electron chi connectivity index (χ2n) is 18.2. The normalized spacial score (nSPS) is 16.4. The third kappa shape index (κ3) is 7.66. The molecule has 2 aliphatic heterocycles. The van der Waals surface area contributed by atoms with Crippen LogP contribution in [0, 0.1) is 0 Å². The van der Waals surface area contributed by atoms with Gasteiger partial charge in [0.15, 0.2) is 23.0 Å². The molecule has 1 amide bonds. The number of hydrogen-bond donors (Lipinski definition) is 4. The number of carboxylic acids is 1. The Hall–Kier alpha value is -6.10. The van der Waals surface area contributed by atoms with Crippen LogP contribution in [0.15, 0.2) is 84.9 Å². The number of rotatable bonds is 6. The zero-order chi connectivity index (χ0) is 41.9. The Kier molecular flexibility index (Phi) is 9.84. The Balaban J connectivity index is 0.000000136. The molecule has 10 rings (SSSR count). The summed E-state index contributed by atoms with van der Waals surface area (Å²) in [5.74, 6) is 2.20. The van der Waals surface area contributed by atoms with Crippen molar-refractivity contribution in [1.82, 2.24) is 9.97 Å². The molecule has 0 spiro atoms. The van der Waals surface area contributed by atoms with Crippen LogP contribution in [0.25, 0.3) is 21.8 Å². The number of hydrogen-bond acceptors (Lipinski definition) is 7. The summed E-state index contributed by atoms with van der Waals surface area (Å²) in [6, 6.07) is 28.2. The van der Waals surface area contributed by atoms with Crippen LogP contribution >= 0.6 is 0 Å². The maximum atomic E-state index is 13.5. The number of aromatic amines is 2. The van der Waals surface area contributed by atoms with E-state index in [-0.39, 0.29) is 30.3 Å². The highest BCUT2D eigenvalue weighted by Crippen LogP contribution is 2.52. The molecule has 0 atom stereocenters. The third-order valence-electron chi connectivity index (χ3n) is 12.0. The predicted molar refractivity (Wildman–Crippen MR) is 232 cm³/mol. The highest BCUT2D eigenvalue weighted by atomic mass is 16.7. The number of fused-ring (bicyclic) bond motifs is 4. The Morgan fingerprint density at radius 1 is 0.627 bits per heavy atom. The zero-order valence-electron chi connectivity index (χ0n) is 35.2. The zero-order valence-corrected chi connectivity index (χ0v) is 35.2. The molecule has 11 nitrogen and oxygen atoms in total. The number of ether oxygens (including phenoxy) is 4. The van der Waals surface area contributed by atoms with Gasteiger partial charge in [0.05, 0.1) is 10.8 Å². The lowest BCUT2D eigenvalue weighted by atomic mass is 9.92. The molecule has 59 heavy (non-hydrogen) atoms. The molecule has 0 radical (unpaired) electrons. The lowest BCUT2D eigenvalue weighted by molar-refractivity contribution is -0.140. The molecule has 4 aliphatic rings. The van der Waals surface area contributed by atoms with Crippen LogP contribution in [0.2, 0.25) is 0 Å². The number of nitrogens with one attached hydrogen (secondary N) is 3. The molecule has 2 fully saturated rings. The molecule has 2 aliphatic carbocycles. The highest BCUT2D eigenvalue weighted by Gasteiger charge is 2.53. The molecular formula is C48H54N4O7. The van der Waals surface area contributed by atoms with Crippen LogP contribution in [0.4, 0.5) is 11.4 Å². The minimum absolute atomic E-state index is 0.0539. The first-order valence-electron chi connectivity index (χ1n) is 20.3. The van der Waals surface area contributed by atoms with Crippen LogP contribution in [-0.4, -0.2) is 54.6 Å². The van der Waals surface area contributed by atoms with E-state index >= 15 is 0 Å². The number of aliphatic carboxylic acids is 1. The van der Waals surface area contributed by atoms with Crippen molar-refractivity contribution in [2.24, 2.45) is 0 Å². The average molecular weight is 799 g/mol. The summed E-state index contributed by atoms with van der Waals surface area (Å²) < 4.78 is 21.3. The van der Waals surface area contributed by atoms with Gasteiger partial charge in [0.2, 0.25) is 19.5 Å². The van der Waals surface area contributed by atoms with Gasteiger partial charge in [-0.3, -0.25) is 9.59 Å². The Morgan fingerprint density at radius 3 is 1.58 bits per heavy atom. The molecule has 0 unspecified atom stereocenters. The summed E-state index contributed by atoms with van der Waals surface area (Å²) in [5.41, 5.74) is 7.78. The predicted octanol–water partition coefficient (Wildman–Crippen LogP) is 9.93. The van der Waals surface area contributed by atoms with Crippen molar-refractivity contribution in [2.45, 2.75) is 88.9 Å². The summed E-state index contributed by atoms with van der Waals surface area (Å²) in [5, 5.41) is 14.7. The standard InChI is InChI=1S/C24H26N2O3.C13H18N2.C11H10O4/c1-23(2,3)21-12-15-11-17(6-7-18(15)25-21)26(4)22(27)24(9-10-24)16-5-8-19-20(13-16)29-14-28-19;1-13(2,3)12-8-9-7-10(14-4)5-6-11(9)15-12;12-10(13)11(3-4-11)7-1-2-8-9(5-7)15-6-14-8/h5-8,11-13,25H,9-10,14H2,1-4H3;5-8,14-15H,1-4H3;1-2,5H,3-4,6H2,(H,12,13). The van der Waals surface area contributed by atoms with E-state index in [1.165, 1.54) is 22.3 Å². The van der Waals surface area contributed by atoms with E-state index in [0.29, 0.717) is 24.3 Å². The quantitative estimate of drug-likeness (QED) is 0.131. The van der Waals surface area contributed by atoms with Crippen molar-refractivity contribution >= 4 is 45.1 Å². The summed E-state index contributed by atoms with van der Waals surface area (Å²) in [4.78, 5) is 33.3. The van der Waals surface area contributed by atoms with E-state index in [1.54, 1.807) is 17.0 Å². The maximum Gasteiger partial charge on any atom is 0.314 e. The SMILES string of the molecule is CN(C(=O)C1(c2ccc3c(c2)OCO3)CC1)c1ccc2[nH]c(C(C)(C)C)cc2c1.CNc1ccc2[nH]c(C(C)(C)C)cc2c1.O=C(O)C1(c2ccc3c(c2)OCO3)CC1. The summed E-state index contributed by atoms with van der Waals surface area (Å²) >= 11 is 0. The van der Waals surface area contributed by atoms with Gasteiger partial charge in [-0.15, -0.1) is 0 Å². The number of likely N-dealkylation sites (N-methyl/N-ethyl adjacent to an activating group) is 1. The largest absolute Gasteiger partial charge is 0.481 e. The highest BCUT2D eigenvalue weighted by molar-refractivity contribution is 6.04. The van der Waals surface area contributed by atoms with Crippen molar-refractivity contribution in [3.63, 3.8) is 0 Å². The van der Waals surface area contributed by atoms with Crippen molar-refractivity contribution in [3.8, 4) is 23.0 Å².